The highest BCUT2D eigenvalue weighted by Crippen LogP contribution is 2.35. The number of hydrogen-bond donors (Lipinski definition) is 1. The normalized spacial score (nSPS) is 21.2. The van der Waals surface area contributed by atoms with E-state index in [2.05, 4.69) is 24.4 Å². The van der Waals surface area contributed by atoms with Crippen LogP contribution in [0.3, 0.4) is 0 Å². The van der Waals surface area contributed by atoms with Crippen molar-refractivity contribution in [2.24, 2.45) is 5.92 Å². The van der Waals surface area contributed by atoms with E-state index in [-0.39, 0.29) is 0 Å². The fraction of sp³-hybridized carbons (Fsp3) is 0.625. The first kappa shape index (κ1) is 14.2. The van der Waals surface area contributed by atoms with E-state index in [0.717, 1.165) is 30.0 Å². The number of benzene rings is 1. The minimum absolute atomic E-state index is 0.661. The predicted octanol–water partition coefficient (Wildman–Crippen LogP) is 3.37. The molecule has 0 saturated heterocycles. The molecule has 0 heterocycles. The van der Waals surface area contributed by atoms with Gasteiger partial charge in [0.15, 0.2) is 11.5 Å². The molecule has 2 atom stereocenters. The molecule has 0 aliphatic heterocycles. The molecule has 2 unspecified atom stereocenters. The summed E-state index contributed by atoms with van der Waals surface area (Å²) in [5.74, 6) is 2.54. The van der Waals surface area contributed by atoms with Crippen molar-refractivity contribution in [3.8, 4) is 11.5 Å². The van der Waals surface area contributed by atoms with Gasteiger partial charge in [-0.25, -0.2) is 0 Å². The molecule has 0 aromatic heterocycles. The third-order valence-corrected chi connectivity index (χ3v) is 3.68. The van der Waals surface area contributed by atoms with Crippen molar-refractivity contribution in [2.45, 2.75) is 45.7 Å². The Labute approximate surface area is 116 Å². The molecule has 3 nitrogen and oxygen atoms in total. The quantitative estimate of drug-likeness (QED) is 0.780. The third-order valence-electron chi connectivity index (χ3n) is 3.68. The summed E-state index contributed by atoms with van der Waals surface area (Å²) in [4.78, 5) is 0. The standard InChI is InChI=1S/C16H25NO2/c1-4-6-13-10-14(13)17-11-12-7-8-15(18-3)16(9-12)19-5-2/h7-9,13-14,17H,4-6,10-11H2,1-3H3. The van der Waals surface area contributed by atoms with Gasteiger partial charge in [0.1, 0.15) is 0 Å². The Morgan fingerprint density at radius 2 is 2.11 bits per heavy atom. The van der Waals surface area contributed by atoms with Crippen LogP contribution in [0.5, 0.6) is 11.5 Å². The Balaban J connectivity index is 1.88. The third kappa shape index (κ3) is 3.87. The average Bonchev–Trinajstić information content (AvgIpc) is 3.16. The van der Waals surface area contributed by atoms with E-state index in [4.69, 9.17) is 9.47 Å². The summed E-state index contributed by atoms with van der Waals surface area (Å²) in [6.45, 7) is 5.82. The number of hydrogen-bond acceptors (Lipinski definition) is 3. The number of nitrogens with one attached hydrogen (secondary N) is 1. The molecule has 0 radical (unpaired) electrons. The van der Waals surface area contributed by atoms with E-state index < -0.39 is 0 Å². The molecule has 1 aliphatic rings. The van der Waals surface area contributed by atoms with Gasteiger partial charge in [-0.15, -0.1) is 0 Å². The van der Waals surface area contributed by atoms with Gasteiger partial charge in [-0.1, -0.05) is 19.4 Å². The maximum absolute atomic E-state index is 5.60. The summed E-state index contributed by atoms with van der Waals surface area (Å²) in [7, 11) is 1.68. The van der Waals surface area contributed by atoms with Crippen LogP contribution in [0.2, 0.25) is 0 Å². The molecule has 1 saturated carbocycles. The molecular formula is C16H25NO2. The highest BCUT2D eigenvalue weighted by Gasteiger charge is 2.35. The summed E-state index contributed by atoms with van der Waals surface area (Å²) >= 11 is 0. The van der Waals surface area contributed by atoms with Gasteiger partial charge in [0.25, 0.3) is 0 Å². The summed E-state index contributed by atoms with van der Waals surface area (Å²) in [5.41, 5.74) is 1.26. The fourth-order valence-electron chi connectivity index (χ4n) is 2.54. The second kappa shape index (κ2) is 6.80. The van der Waals surface area contributed by atoms with Gasteiger partial charge in [0, 0.05) is 12.6 Å². The lowest BCUT2D eigenvalue weighted by atomic mass is 10.2. The molecular weight excluding hydrogens is 238 g/mol. The molecule has 19 heavy (non-hydrogen) atoms. The lowest BCUT2D eigenvalue weighted by Crippen LogP contribution is -2.17. The summed E-state index contributed by atoms with van der Waals surface area (Å²) in [6, 6.07) is 6.88. The van der Waals surface area contributed by atoms with Crippen LogP contribution in [-0.4, -0.2) is 19.8 Å². The fourth-order valence-corrected chi connectivity index (χ4v) is 2.54. The Kier molecular flexibility index (Phi) is 5.08. The molecule has 1 N–H and O–H groups in total. The van der Waals surface area contributed by atoms with Crippen LogP contribution >= 0.6 is 0 Å². The second-order valence-corrected chi connectivity index (χ2v) is 5.19. The molecule has 0 bridgehead atoms. The molecule has 106 valence electrons. The Morgan fingerprint density at radius 3 is 2.79 bits per heavy atom. The van der Waals surface area contributed by atoms with Crippen molar-refractivity contribution in [3.63, 3.8) is 0 Å². The van der Waals surface area contributed by atoms with Crippen LogP contribution < -0.4 is 14.8 Å². The van der Waals surface area contributed by atoms with E-state index in [1.54, 1.807) is 7.11 Å². The van der Waals surface area contributed by atoms with Gasteiger partial charge >= 0.3 is 0 Å². The lowest BCUT2D eigenvalue weighted by molar-refractivity contribution is 0.310. The van der Waals surface area contributed by atoms with Crippen molar-refractivity contribution in [1.29, 1.82) is 0 Å². The SMILES string of the molecule is CCCC1CC1NCc1ccc(OC)c(OCC)c1. The van der Waals surface area contributed by atoms with Crippen molar-refractivity contribution >= 4 is 0 Å². The average molecular weight is 263 g/mol. The van der Waals surface area contributed by atoms with Crippen LogP contribution in [0.4, 0.5) is 0 Å². The zero-order chi connectivity index (χ0) is 13.7. The maximum Gasteiger partial charge on any atom is 0.161 e. The monoisotopic (exact) mass is 263 g/mol. The van der Waals surface area contributed by atoms with Crippen molar-refractivity contribution in [1.82, 2.24) is 5.32 Å². The summed E-state index contributed by atoms with van der Waals surface area (Å²) < 4.78 is 10.9. The van der Waals surface area contributed by atoms with Gasteiger partial charge < -0.3 is 14.8 Å². The van der Waals surface area contributed by atoms with Crippen molar-refractivity contribution in [3.05, 3.63) is 23.8 Å². The Morgan fingerprint density at radius 1 is 1.26 bits per heavy atom. The smallest absolute Gasteiger partial charge is 0.161 e. The first-order chi connectivity index (χ1) is 9.28. The molecule has 1 aromatic rings. The number of ether oxygens (including phenoxy) is 2. The first-order valence-electron chi connectivity index (χ1n) is 7.31. The molecule has 1 fully saturated rings. The van der Waals surface area contributed by atoms with E-state index in [1.165, 1.54) is 24.8 Å². The largest absolute Gasteiger partial charge is 0.493 e. The zero-order valence-corrected chi connectivity index (χ0v) is 12.2. The summed E-state index contributed by atoms with van der Waals surface area (Å²) in [6.07, 6.45) is 3.98. The van der Waals surface area contributed by atoms with Crippen LogP contribution in [0.15, 0.2) is 18.2 Å². The minimum Gasteiger partial charge on any atom is -0.493 e. The maximum atomic E-state index is 5.60. The van der Waals surface area contributed by atoms with Gasteiger partial charge in [0.2, 0.25) is 0 Å². The Hall–Kier alpha value is -1.22. The first-order valence-corrected chi connectivity index (χ1v) is 7.31. The van der Waals surface area contributed by atoms with Gasteiger partial charge in [-0.3, -0.25) is 0 Å². The van der Waals surface area contributed by atoms with Crippen molar-refractivity contribution in [2.75, 3.05) is 13.7 Å². The molecule has 1 aliphatic carbocycles. The van der Waals surface area contributed by atoms with Crippen LogP contribution in [0, 0.1) is 5.92 Å². The zero-order valence-electron chi connectivity index (χ0n) is 12.2. The van der Waals surface area contributed by atoms with Crippen molar-refractivity contribution < 1.29 is 9.47 Å². The highest BCUT2D eigenvalue weighted by molar-refractivity contribution is 5.43. The van der Waals surface area contributed by atoms with E-state index in [0.29, 0.717) is 6.61 Å². The topological polar surface area (TPSA) is 30.5 Å². The summed E-state index contributed by atoms with van der Waals surface area (Å²) in [5, 5.41) is 3.62. The van der Waals surface area contributed by atoms with Gasteiger partial charge in [0.05, 0.1) is 13.7 Å². The van der Waals surface area contributed by atoms with Crippen LogP contribution in [0.25, 0.3) is 0 Å². The Bertz CT molecular complexity index is 406. The lowest BCUT2D eigenvalue weighted by Gasteiger charge is -2.11. The van der Waals surface area contributed by atoms with E-state index >= 15 is 0 Å². The van der Waals surface area contributed by atoms with Crippen LogP contribution in [-0.2, 0) is 6.54 Å². The van der Waals surface area contributed by atoms with Crippen LogP contribution in [0.1, 0.15) is 38.7 Å². The molecule has 3 heteroatoms. The number of methoxy groups -OCH3 is 1. The van der Waals surface area contributed by atoms with E-state index in [9.17, 15) is 0 Å². The molecule has 1 aromatic carbocycles. The predicted molar refractivity (Wildman–Crippen MR) is 77.8 cm³/mol. The van der Waals surface area contributed by atoms with Gasteiger partial charge in [-0.05, 0) is 43.4 Å². The van der Waals surface area contributed by atoms with E-state index in [1.807, 2.05) is 13.0 Å². The highest BCUT2D eigenvalue weighted by atomic mass is 16.5. The second-order valence-electron chi connectivity index (χ2n) is 5.19. The number of rotatable bonds is 8. The molecule has 0 spiro atoms. The molecule has 2 rings (SSSR count). The minimum atomic E-state index is 0.661. The molecule has 0 amide bonds. The van der Waals surface area contributed by atoms with Gasteiger partial charge in [-0.2, -0.15) is 0 Å².